The maximum atomic E-state index is 6.08. The van der Waals surface area contributed by atoms with E-state index in [4.69, 9.17) is 32.9 Å². The number of aryl methyl sites for hydroxylation is 2. The highest BCUT2D eigenvalue weighted by atomic mass is 35.5. The molecular weight excluding hydrogens is 427 g/mol. The van der Waals surface area contributed by atoms with Crippen LogP contribution in [0.3, 0.4) is 0 Å². The lowest BCUT2D eigenvalue weighted by Gasteiger charge is -2.09. The Hall–Kier alpha value is -2.75. The number of para-hydroxylation sites is 2. The van der Waals surface area contributed by atoms with Crippen LogP contribution in [0, 0.1) is 6.92 Å². The van der Waals surface area contributed by atoms with Gasteiger partial charge in [0.2, 0.25) is 0 Å². The Morgan fingerprint density at radius 3 is 2.55 bits per heavy atom. The lowest BCUT2D eigenvalue weighted by Crippen LogP contribution is -2.04. The molecule has 0 N–H and O–H groups in total. The average Bonchev–Trinajstić information content (AvgIpc) is 3.13. The number of rotatable bonds is 8. The number of halogens is 2. The monoisotopic (exact) mass is 450 g/mol. The van der Waals surface area contributed by atoms with E-state index >= 15 is 0 Å². The first-order valence-electron chi connectivity index (χ1n) is 10.4. The van der Waals surface area contributed by atoms with Gasteiger partial charge in [0.05, 0.1) is 17.6 Å². The smallest absolute Gasteiger partial charge is 0.133 e. The summed E-state index contributed by atoms with van der Waals surface area (Å²) in [5.41, 5.74) is 4.27. The van der Waals surface area contributed by atoms with E-state index < -0.39 is 0 Å². The Labute approximate surface area is 192 Å². The van der Waals surface area contributed by atoms with E-state index in [-0.39, 0.29) is 0 Å². The van der Waals surface area contributed by atoms with E-state index in [0.717, 1.165) is 63.2 Å². The molecule has 0 spiro atoms. The van der Waals surface area contributed by atoms with E-state index in [1.54, 1.807) is 0 Å². The van der Waals surface area contributed by atoms with Crippen molar-refractivity contribution in [3.05, 3.63) is 93.7 Å². The van der Waals surface area contributed by atoms with Crippen LogP contribution < -0.4 is 4.74 Å². The van der Waals surface area contributed by atoms with Gasteiger partial charge < -0.3 is 9.30 Å². The van der Waals surface area contributed by atoms with Crippen molar-refractivity contribution in [1.29, 1.82) is 0 Å². The molecule has 0 saturated heterocycles. The molecule has 1 heterocycles. The Morgan fingerprint density at radius 1 is 0.935 bits per heavy atom. The molecule has 3 nitrogen and oxygen atoms in total. The van der Waals surface area contributed by atoms with Gasteiger partial charge in [0.25, 0.3) is 0 Å². The molecule has 158 valence electrons. The van der Waals surface area contributed by atoms with E-state index in [2.05, 4.69) is 34.9 Å². The van der Waals surface area contributed by atoms with Crippen LogP contribution in [-0.2, 0) is 6.54 Å². The summed E-state index contributed by atoms with van der Waals surface area (Å²) in [5.74, 6) is 1.81. The second-order valence-electron chi connectivity index (χ2n) is 7.46. The summed E-state index contributed by atoms with van der Waals surface area (Å²) in [6, 6.07) is 21.8. The Bertz CT molecular complexity index is 1200. The van der Waals surface area contributed by atoms with Gasteiger partial charge in [0.15, 0.2) is 0 Å². The van der Waals surface area contributed by atoms with Crippen LogP contribution in [0.2, 0.25) is 10.0 Å². The second kappa shape index (κ2) is 10.0. The van der Waals surface area contributed by atoms with Crippen molar-refractivity contribution in [3.8, 4) is 5.75 Å². The summed E-state index contributed by atoms with van der Waals surface area (Å²) in [6.07, 6.45) is 6.08. The number of aromatic nitrogens is 2. The van der Waals surface area contributed by atoms with E-state index in [9.17, 15) is 0 Å². The van der Waals surface area contributed by atoms with Crippen LogP contribution in [0.25, 0.3) is 23.2 Å². The van der Waals surface area contributed by atoms with Crippen molar-refractivity contribution in [2.75, 3.05) is 6.61 Å². The van der Waals surface area contributed by atoms with E-state index in [1.165, 1.54) is 0 Å². The lowest BCUT2D eigenvalue weighted by atomic mass is 10.2. The molecule has 0 bridgehead atoms. The van der Waals surface area contributed by atoms with E-state index in [0.29, 0.717) is 6.61 Å². The molecule has 0 atom stereocenters. The number of fused-ring (bicyclic) bond motifs is 1. The lowest BCUT2D eigenvalue weighted by molar-refractivity contribution is 0.303. The molecule has 0 aliphatic heterocycles. The summed E-state index contributed by atoms with van der Waals surface area (Å²) in [6.45, 7) is 3.53. The highest BCUT2D eigenvalue weighted by molar-refractivity contribution is 6.31. The van der Waals surface area contributed by atoms with Gasteiger partial charge in [-0.2, -0.15) is 0 Å². The number of hydrogen-bond donors (Lipinski definition) is 0. The molecule has 0 aliphatic carbocycles. The molecule has 4 rings (SSSR count). The van der Waals surface area contributed by atoms with Gasteiger partial charge in [0, 0.05) is 16.6 Å². The van der Waals surface area contributed by atoms with Crippen LogP contribution >= 0.6 is 23.2 Å². The van der Waals surface area contributed by atoms with Crippen molar-refractivity contribution in [3.63, 3.8) is 0 Å². The third-order valence-electron chi connectivity index (χ3n) is 5.15. The summed E-state index contributed by atoms with van der Waals surface area (Å²) >= 11 is 12.1. The molecular formula is C26H24Cl2N2O. The molecule has 0 saturated carbocycles. The topological polar surface area (TPSA) is 27.1 Å². The molecule has 5 heteroatoms. The fourth-order valence-corrected chi connectivity index (χ4v) is 3.71. The van der Waals surface area contributed by atoms with Crippen molar-refractivity contribution in [1.82, 2.24) is 9.55 Å². The quantitative estimate of drug-likeness (QED) is 0.257. The Balaban J connectivity index is 1.42. The number of benzene rings is 3. The van der Waals surface area contributed by atoms with Crippen molar-refractivity contribution >= 4 is 46.4 Å². The number of imidazole rings is 1. The van der Waals surface area contributed by atoms with Crippen molar-refractivity contribution in [2.45, 2.75) is 26.3 Å². The first kappa shape index (κ1) is 21.5. The molecule has 0 amide bonds. The molecule has 1 aromatic heterocycles. The zero-order chi connectivity index (χ0) is 21.6. The minimum atomic E-state index is 0.670. The fraction of sp³-hybridized carbons (Fsp3) is 0.192. The van der Waals surface area contributed by atoms with Crippen LogP contribution in [0.15, 0.2) is 66.7 Å². The molecule has 3 aromatic carbocycles. The van der Waals surface area contributed by atoms with Gasteiger partial charge in [-0.3, -0.25) is 0 Å². The van der Waals surface area contributed by atoms with Crippen molar-refractivity contribution in [2.24, 2.45) is 0 Å². The number of ether oxygens (including phenoxy) is 1. The SMILES string of the molecule is Cc1cc(OCCCCn2c(/C=C/c3ccc(Cl)cc3)nc3ccccc32)ccc1Cl. The second-order valence-corrected chi connectivity index (χ2v) is 8.31. The number of nitrogens with zero attached hydrogens (tertiary/aromatic N) is 2. The largest absolute Gasteiger partial charge is 0.494 e. The molecule has 0 unspecified atom stereocenters. The maximum Gasteiger partial charge on any atom is 0.133 e. The van der Waals surface area contributed by atoms with Gasteiger partial charge in [-0.05, 0) is 79.4 Å². The molecule has 31 heavy (non-hydrogen) atoms. The van der Waals surface area contributed by atoms with E-state index in [1.807, 2.05) is 55.5 Å². The van der Waals surface area contributed by atoms with Gasteiger partial charge in [-0.1, -0.05) is 53.5 Å². The van der Waals surface area contributed by atoms with Crippen LogP contribution in [0.4, 0.5) is 0 Å². The summed E-state index contributed by atoms with van der Waals surface area (Å²) in [4.78, 5) is 4.82. The predicted octanol–water partition coefficient (Wildman–Crippen LogP) is 7.68. The van der Waals surface area contributed by atoms with Crippen LogP contribution in [0.5, 0.6) is 5.75 Å². The predicted molar refractivity (Wildman–Crippen MR) is 131 cm³/mol. The normalized spacial score (nSPS) is 11.5. The van der Waals surface area contributed by atoms with Gasteiger partial charge in [-0.25, -0.2) is 4.98 Å². The minimum Gasteiger partial charge on any atom is -0.494 e. The molecule has 0 radical (unpaired) electrons. The Morgan fingerprint density at radius 2 is 1.74 bits per heavy atom. The highest BCUT2D eigenvalue weighted by Gasteiger charge is 2.08. The first-order valence-corrected chi connectivity index (χ1v) is 11.1. The number of hydrogen-bond acceptors (Lipinski definition) is 2. The molecule has 4 aromatic rings. The zero-order valence-corrected chi connectivity index (χ0v) is 18.9. The van der Waals surface area contributed by atoms with Gasteiger partial charge >= 0.3 is 0 Å². The van der Waals surface area contributed by atoms with Crippen molar-refractivity contribution < 1.29 is 4.74 Å². The first-order chi connectivity index (χ1) is 15.1. The average molecular weight is 451 g/mol. The summed E-state index contributed by atoms with van der Waals surface area (Å²) in [7, 11) is 0. The minimum absolute atomic E-state index is 0.670. The molecule has 0 aliphatic rings. The fourth-order valence-electron chi connectivity index (χ4n) is 3.47. The third kappa shape index (κ3) is 5.49. The standard InChI is InChI=1S/C26H24Cl2N2O/c1-19-18-22(13-14-23(19)28)31-17-5-4-16-30-25-7-3-2-6-24(25)29-26(30)15-10-20-8-11-21(27)12-9-20/h2-3,6-15,18H,4-5,16-17H2,1H3/b15-10+. The molecule has 0 fully saturated rings. The van der Waals surface area contributed by atoms with Crippen LogP contribution in [-0.4, -0.2) is 16.2 Å². The summed E-state index contributed by atoms with van der Waals surface area (Å²) in [5, 5.41) is 1.50. The third-order valence-corrected chi connectivity index (χ3v) is 5.83. The summed E-state index contributed by atoms with van der Waals surface area (Å²) < 4.78 is 8.16. The highest BCUT2D eigenvalue weighted by Crippen LogP contribution is 2.22. The zero-order valence-electron chi connectivity index (χ0n) is 17.4. The van der Waals surface area contributed by atoms with Crippen LogP contribution in [0.1, 0.15) is 29.8 Å². The van der Waals surface area contributed by atoms with Gasteiger partial charge in [0.1, 0.15) is 11.6 Å². The number of unbranched alkanes of at least 4 members (excludes halogenated alkanes) is 1. The Kier molecular flexibility index (Phi) is 6.96. The maximum absolute atomic E-state index is 6.08. The van der Waals surface area contributed by atoms with Gasteiger partial charge in [-0.15, -0.1) is 0 Å².